The van der Waals surface area contributed by atoms with Crippen LogP contribution in [0.15, 0.2) is 77.9 Å². The number of aromatic nitrogens is 4. The normalized spacial score (nSPS) is 20.2. The van der Waals surface area contributed by atoms with Gasteiger partial charge in [0.15, 0.2) is 5.78 Å². The van der Waals surface area contributed by atoms with Gasteiger partial charge >= 0.3 is 5.97 Å². The van der Waals surface area contributed by atoms with Crippen molar-refractivity contribution in [3.63, 3.8) is 0 Å². The monoisotopic (exact) mass is 1280 g/mol. The molecule has 89 heavy (non-hydrogen) atoms. The molecule has 3 amide bonds. The minimum absolute atomic E-state index is 0.000114. The number of rotatable bonds is 25. The van der Waals surface area contributed by atoms with Crippen molar-refractivity contribution < 1.29 is 51.7 Å². The summed E-state index contributed by atoms with van der Waals surface area (Å²) in [6.45, 7) is 15.0. The number of nitrogens with zero attached hydrogens (tertiary/aromatic N) is 9. The number of fused-ring (bicyclic) bond motifs is 1. The topological polar surface area (TPSA) is 244 Å². The number of likely N-dealkylation sites (tertiary alicyclic amines) is 1. The van der Waals surface area contributed by atoms with Gasteiger partial charge in [-0.1, -0.05) is 88.0 Å². The van der Waals surface area contributed by atoms with E-state index < -0.39 is 62.9 Å². The fraction of sp³-hybridized carbons (Fsp3) is 0.554. The molecule has 1 aliphatic carbocycles. The maximum Gasteiger partial charge on any atom is 0.304 e. The van der Waals surface area contributed by atoms with E-state index >= 15 is 4.79 Å². The third kappa shape index (κ3) is 16.2. The van der Waals surface area contributed by atoms with Gasteiger partial charge in [0.1, 0.15) is 11.5 Å². The van der Waals surface area contributed by atoms with Crippen molar-refractivity contribution in [1.82, 2.24) is 38.5 Å². The van der Waals surface area contributed by atoms with Crippen molar-refractivity contribution >= 4 is 79.4 Å². The molecule has 9 rings (SSSR count). The number of sulfonamides is 1. The van der Waals surface area contributed by atoms with Gasteiger partial charge in [-0.05, 0) is 91.6 Å². The summed E-state index contributed by atoms with van der Waals surface area (Å²) in [7, 11) is -4.06. The number of ketones is 1. The Hall–Kier alpha value is -6.40. The van der Waals surface area contributed by atoms with E-state index in [1.165, 1.54) is 11.2 Å². The number of hydrogen-bond acceptors (Lipinski definition) is 15. The Morgan fingerprint density at radius 1 is 0.764 bits per heavy atom. The molecule has 3 saturated heterocycles. The molecule has 24 heteroatoms. The number of anilines is 1. The third-order valence-corrected chi connectivity index (χ3v) is 20.3. The van der Waals surface area contributed by atoms with Gasteiger partial charge < -0.3 is 38.9 Å². The quantitative estimate of drug-likeness (QED) is 0.0426. The van der Waals surface area contributed by atoms with Gasteiger partial charge in [-0.3, -0.25) is 38.3 Å². The van der Waals surface area contributed by atoms with Gasteiger partial charge in [0.2, 0.25) is 27.7 Å². The summed E-state index contributed by atoms with van der Waals surface area (Å²) < 4.78 is 49.3. The van der Waals surface area contributed by atoms with Crippen molar-refractivity contribution in [3.8, 4) is 0 Å². The van der Waals surface area contributed by atoms with Crippen LogP contribution in [0, 0.1) is 17.8 Å². The summed E-state index contributed by atoms with van der Waals surface area (Å²) in [5.74, 6) is -2.33. The lowest BCUT2D eigenvalue weighted by Gasteiger charge is -2.54. The number of carboxylic acids is 1. The first-order valence-corrected chi connectivity index (χ1v) is 33.2. The van der Waals surface area contributed by atoms with E-state index in [4.69, 9.17) is 47.4 Å². The molecule has 0 radical (unpaired) electrons. The SMILES string of the molecule is CC(=O)c1c(C)c2cnc(Cc3ccc(N4CCN(C(=O)CCOCCOCCOCCC(=O)N5CCN(S(=O)(=O)C[C@@H](N6C(=O)[C@@](C)(CC(=O)O)C[C@H](c7cccc(Cl)c7)[C@H]6c6ccc(Cl)cc6)C(C)(C)C)CC5)CC4)cn3)nc2n(C2CCCC2)c1=O. The smallest absolute Gasteiger partial charge is 0.304 e. The number of benzene rings is 2. The molecule has 5 aromatic rings. The number of pyridine rings is 2. The highest BCUT2D eigenvalue weighted by Gasteiger charge is 2.55. The van der Waals surface area contributed by atoms with Crippen LogP contribution in [0.1, 0.15) is 143 Å². The molecule has 480 valence electrons. The van der Waals surface area contributed by atoms with Gasteiger partial charge in [-0.25, -0.2) is 18.4 Å². The molecule has 2 aromatic carbocycles. The van der Waals surface area contributed by atoms with Crippen LogP contribution >= 0.6 is 23.2 Å². The zero-order valence-electron chi connectivity index (χ0n) is 51.8. The van der Waals surface area contributed by atoms with E-state index in [-0.39, 0.29) is 107 Å². The lowest BCUT2D eigenvalue weighted by Crippen LogP contribution is -2.61. The van der Waals surface area contributed by atoms with Crippen LogP contribution in [0.4, 0.5) is 5.69 Å². The van der Waals surface area contributed by atoms with Crippen molar-refractivity contribution in [2.24, 2.45) is 10.8 Å². The highest BCUT2D eigenvalue weighted by Crippen LogP contribution is 2.53. The Labute approximate surface area is 531 Å². The first kappa shape index (κ1) is 67.0. The van der Waals surface area contributed by atoms with Gasteiger partial charge in [-0.2, -0.15) is 4.31 Å². The third-order valence-electron chi connectivity index (χ3n) is 17.9. The standard InChI is InChI=1S/C65H83Cl2N9O12S/c1-43-53-41-69-55(70-61(53)75(50-12-7-8-13-50)62(82)59(43)44(2)77)37-49-18-19-51(40-68-49)71-22-24-72(25-23-71)56(78)20-30-86-32-34-88-35-33-87-31-21-57(79)73-26-28-74(29-27-73)89(84,85)42-54(64(3,4)5)76-60(45-14-16-47(66)17-15-45)52(46-10-9-11-48(67)36-46)38-65(6,63(76)83)39-58(80)81/h9-11,14-19,36,40-41,50,52,54,60H,7-8,12-13,20-35,37-39,42H2,1-6H3,(H,80,81)/t52-,54-,60-,65-/m1/s1. The Morgan fingerprint density at radius 3 is 1.93 bits per heavy atom. The molecule has 6 heterocycles. The number of aliphatic carboxylic acids is 1. The van der Waals surface area contributed by atoms with E-state index in [9.17, 15) is 37.5 Å². The number of carboxylic acid groups (broad SMARTS) is 1. The van der Waals surface area contributed by atoms with Crippen molar-refractivity contribution in [1.29, 1.82) is 0 Å². The number of aryl methyl sites for hydroxylation is 1. The fourth-order valence-electron chi connectivity index (χ4n) is 13.1. The van der Waals surface area contributed by atoms with Crippen molar-refractivity contribution in [3.05, 3.63) is 127 Å². The number of carbonyl (C=O) groups is 5. The van der Waals surface area contributed by atoms with Crippen LogP contribution < -0.4 is 10.5 Å². The molecule has 0 spiro atoms. The van der Waals surface area contributed by atoms with Crippen LogP contribution in [0.25, 0.3) is 11.0 Å². The molecule has 1 saturated carbocycles. The Bertz CT molecular complexity index is 3530. The van der Waals surface area contributed by atoms with Crippen LogP contribution in [-0.4, -0.2) is 185 Å². The van der Waals surface area contributed by atoms with E-state index in [0.717, 1.165) is 48.2 Å². The molecule has 4 atom stereocenters. The molecule has 1 N–H and O–H groups in total. The molecule has 4 fully saturated rings. The average Bonchev–Trinajstić information content (AvgIpc) is 0.850. The number of ether oxygens (including phenoxy) is 3. The lowest BCUT2D eigenvalue weighted by atomic mass is 9.66. The summed E-state index contributed by atoms with van der Waals surface area (Å²) in [4.78, 5) is 102. The summed E-state index contributed by atoms with van der Waals surface area (Å²) in [6, 6.07) is 16.7. The molecule has 0 unspecified atom stereocenters. The molecular formula is C65H83Cl2N9O12S. The predicted octanol–water partition coefficient (Wildman–Crippen LogP) is 8.32. The zero-order chi connectivity index (χ0) is 63.8. The maximum atomic E-state index is 15.0. The van der Waals surface area contributed by atoms with Gasteiger partial charge in [0.25, 0.3) is 5.56 Å². The number of hydrogen-bond donors (Lipinski definition) is 1. The van der Waals surface area contributed by atoms with Crippen molar-refractivity contribution in [2.45, 2.75) is 123 Å². The summed E-state index contributed by atoms with van der Waals surface area (Å²) in [6.07, 6.45) is 7.79. The van der Waals surface area contributed by atoms with Gasteiger partial charge in [-0.15, -0.1) is 0 Å². The van der Waals surface area contributed by atoms with E-state index in [0.29, 0.717) is 78.3 Å². The largest absolute Gasteiger partial charge is 0.481 e. The van der Waals surface area contributed by atoms with Gasteiger partial charge in [0.05, 0.1) is 106 Å². The second-order valence-corrected chi connectivity index (χ2v) is 28.1. The van der Waals surface area contributed by atoms with Crippen LogP contribution in [0.5, 0.6) is 0 Å². The Morgan fingerprint density at radius 2 is 1.37 bits per heavy atom. The van der Waals surface area contributed by atoms with Crippen molar-refractivity contribution in [2.75, 3.05) is 103 Å². The fourth-order valence-corrected chi connectivity index (χ4v) is 15.4. The minimum Gasteiger partial charge on any atom is -0.481 e. The molecule has 4 aliphatic rings. The number of Topliss-reactive ketones (excluding diaryl/α,β-unsaturated/α-hetero) is 1. The second kappa shape index (κ2) is 29.3. The predicted molar refractivity (Wildman–Crippen MR) is 339 cm³/mol. The Kier molecular flexibility index (Phi) is 22.0. The Balaban J connectivity index is 0.662. The minimum atomic E-state index is -4.06. The number of piperazine rings is 2. The maximum absolute atomic E-state index is 15.0. The highest BCUT2D eigenvalue weighted by atomic mass is 35.5. The molecular weight excluding hydrogens is 1200 g/mol. The number of carbonyl (C=O) groups excluding carboxylic acids is 4. The molecule has 3 aliphatic heterocycles. The lowest BCUT2D eigenvalue weighted by molar-refractivity contribution is -0.162. The number of piperidine rings is 1. The van der Waals surface area contributed by atoms with Crippen LogP contribution in [-0.2, 0) is 49.8 Å². The first-order valence-electron chi connectivity index (χ1n) is 30.9. The van der Waals surface area contributed by atoms with E-state index in [1.807, 2.05) is 74.3 Å². The van der Waals surface area contributed by atoms with E-state index in [2.05, 4.69) is 9.88 Å². The number of halogens is 2. The molecule has 21 nitrogen and oxygen atoms in total. The van der Waals surface area contributed by atoms with Crippen LogP contribution in [0.2, 0.25) is 10.0 Å². The summed E-state index contributed by atoms with van der Waals surface area (Å²) >= 11 is 12.9. The summed E-state index contributed by atoms with van der Waals surface area (Å²) in [5.41, 5.74) is 2.16. The second-order valence-electron chi connectivity index (χ2n) is 25.2. The molecule has 0 bridgehead atoms. The first-order chi connectivity index (χ1) is 42.4. The average molecular weight is 1290 g/mol. The number of amides is 3. The van der Waals surface area contributed by atoms with Crippen LogP contribution in [0.3, 0.4) is 0 Å². The highest BCUT2D eigenvalue weighted by molar-refractivity contribution is 7.89. The summed E-state index contributed by atoms with van der Waals surface area (Å²) in [5, 5.41) is 11.8. The zero-order valence-corrected chi connectivity index (χ0v) is 54.2. The molecule has 3 aromatic heterocycles. The van der Waals surface area contributed by atoms with E-state index in [1.54, 1.807) is 52.6 Å². The van der Waals surface area contributed by atoms with Gasteiger partial charge in [0, 0.05) is 91.6 Å².